The van der Waals surface area contributed by atoms with Gasteiger partial charge in [-0.3, -0.25) is 0 Å². The summed E-state index contributed by atoms with van der Waals surface area (Å²) in [6, 6.07) is 46.9. The highest BCUT2D eigenvalue weighted by molar-refractivity contribution is 6.33. The van der Waals surface area contributed by atoms with Crippen LogP contribution in [0.5, 0.6) is 0 Å². The maximum Gasteiger partial charge on any atom is 0.164 e. The quantitative estimate of drug-likeness (QED) is 0.176. The summed E-state index contributed by atoms with van der Waals surface area (Å²) in [5, 5.41) is 7.71. The second-order valence-corrected chi connectivity index (χ2v) is 10.6. The molecule has 0 saturated heterocycles. The molecule has 0 N–H and O–H groups in total. The van der Waals surface area contributed by atoms with Gasteiger partial charge in [-0.25, -0.2) is 15.0 Å². The van der Waals surface area contributed by atoms with Crippen molar-refractivity contribution in [2.45, 2.75) is 0 Å². The first kappa shape index (κ1) is 23.5. The van der Waals surface area contributed by atoms with Gasteiger partial charge >= 0.3 is 0 Å². The minimum absolute atomic E-state index is 0.667. The molecule has 0 aliphatic carbocycles. The van der Waals surface area contributed by atoms with Crippen LogP contribution < -0.4 is 5.46 Å². The molecule has 0 unspecified atom stereocenters. The van der Waals surface area contributed by atoms with Gasteiger partial charge in [-0.05, 0) is 49.5 Å². The molecule has 1 heterocycles. The predicted molar refractivity (Wildman–Crippen MR) is 173 cm³/mol. The molecular formula is C37H24BN3. The fourth-order valence-electron chi connectivity index (χ4n) is 5.99. The number of hydrogen-bond donors (Lipinski definition) is 0. The van der Waals surface area contributed by atoms with E-state index in [-0.39, 0.29) is 0 Å². The third-order valence-electron chi connectivity index (χ3n) is 7.87. The lowest BCUT2D eigenvalue weighted by Gasteiger charge is -2.15. The van der Waals surface area contributed by atoms with Crippen LogP contribution in [-0.2, 0) is 0 Å². The molecule has 0 amide bonds. The van der Waals surface area contributed by atoms with Crippen LogP contribution in [-0.4, -0.2) is 22.8 Å². The fourth-order valence-corrected chi connectivity index (χ4v) is 5.99. The summed E-state index contributed by atoms with van der Waals surface area (Å²) >= 11 is 0. The van der Waals surface area contributed by atoms with Gasteiger partial charge < -0.3 is 0 Å². The molecule has 0 spiro atoms. The zero-order valence-corrected chi connectivity index (χ0v) is 22.5. The van der Waals surface area contributed by atoms with Crippen LogP contribution in [0, 0.1) is 0 Å². The molecule has 1 aromatic heterocycles. The Balaban J connectivity index is 1.34. The Morgan fingerprint density at radius 2 is 0.902 bits per heavy atom. The Labute approximate surface area is 238 Å². The SMILES string of the molecule is Bc1cc(-c2nc(-c3ccccc3)nc(-c3ccccc3)n2)cc(-c2ccc3ccc4cccc5ccc2c3c45)c1. The third kappa shape index (κ3) is 4.04. The maximum atomic E-state index is 4.98. The largest absolute Gasteiger partial charge is 0.208 e. The first-order chi connectivity index (χ1) is 20.2. The third-order valence-corrected chi connectivity index (χ3v) is 7.87. The van der Waals surface area contributed by atoms with Crippen molar-refractivity contribution in [3.63, 3.8) is 0 Å². The van der Waals surface area contributed by atoms with Gasteiger partial charge in [0, 0.05) is 16.7 Å². The Hall–Kier alpha value is -5.35. The Kier molecular flexibility index (Phi) is 5.39. The van der Waals surface area contributed by atoms with Crippen molar-refractivity contribution < 1.29 is 0 Å². The average Bonchev–Trinajstić information content (AvgIpc) is 3.04. The molecule has 8 rings (SSSR count). The van der Waals surface area contributed by atoms with E-state index < -0.39 is 0 Å². The standard InChI is InChI=1S/C37H24BN3/c38-30-21-28(31-18-16-25-15-14-23-12-7-13-24-17-19-32(31)34(25)33(23)24)20-29(22-30)37-40-35(26-8-3-1-4-9-26)39-36(41-37)27-10-5-2-6-11-27/h1-22H,38H2. The van der Waals surface area contributed by atoms with Crippen molar-refractivity contribution >= 4 is 45.6 Å². The van der Waals surface area contributed by atoms with Crippen LogP contribution >= 0.6 is 0 Å². The van der Waals surface area contributed by atoms with E-state index in [4.69, 9.17) is 15.0 Å². The van der Waals surface area contributed by atoms with Crippen LogP contribution in [0.25, 0.3) is 77.6 Å². The molecule has 7 aromatic carbocycles. The van der Waals surface area contributed by atoms with Gasteiger partial charge in [0.15, 0.2) is 17.5 Å². The first-order valence-corrected chi connectivity index (χ1v) is 13.9. The summed E-state index contributed by atoms with van der Waals surface area (Å²) < 4.78 is 0. The highest BCUT2D eigenvalue weighted by atomic mass is 15.0. The summed E-state index contributed by atoms with van der Waals surface area (Å²) in [6.07, 6.45) is 0. The van der Waals surface area contributed by atoms with Gasteiger partial charge in [0.2, 0.25) is 0 Å². The predicted octanol–water partition coefficient (Wildman–Crippen LogP) is 7.70. The van der Waals surface area contributed by atoms with E-state index in [1.807, 2.05) is 60.7 Å². The highest BCUT2D eigenvalue weighted by Crippen LogP contribution is 2.39. The molecule has 41 heavy (non-hydrogen) atoms. The van der Waals surface area contributed by atoms with E-state index in [9.17, 15) is 0 Å². The number of benzene rings is 7. The average molecular weight is 521 g/mol. The molecule has 0 radical (unpaired) electrons. The second-order valence-electron chi connectivity index (χ2n) is 10.6. The monoisotopic (exact) mass is 521 g/mol. The van der Waals surface area contributed by atoms with Crippen LogP contribution in [0.2, 0.25) is 0 Å². The summed E-state index contributed by atoms with van der Waals surface area (Å²) in [4.78, 5) is 14.8. The van der Waals surface area contributed by atoms with Crippen molar-refractivity contribution in [3.05, 3.63) is 133 Å². The lowest BCUT2D eigenvalue weighted by atomic mass is 9.86. The van der Waals surface area contributed by atoms with E-state index in [2.05, 4.69) is 80.6 Å². The molecule has 0 aliphatic rings. The fraction of sp³-hybridized carbons (Fsp3) is 0. The van der Waals surface area contributed by atoms with Crippen molar-refractivity contribution in [2.24, 2.45) is 0 Å². The number of rotatable bonds is 4. The molecular weight excluding hydrogens is 497 g/mol. The summed E-state index contributed by atoms with van der Waals surface area (Å²) in [5.41, 5.74) is 6.43. The molecule has 0 bridgehead atoms. The van der Waals surface area contributed by atoms with Crippen LogP contribution in [0.3, 0.4) is 0 Å². The van der Waals surface area contributed by atoms with Gasteiger partial charge in [-0.15, -0.1) is 0 Å². The minimum atomic E-state index is 0.667. The van der Waals surface area contributed by atoms with Gasteiger partial charge in [0.25, 0.3) is 0 Å². The Morgan fingerprint density at radius 3 is 1.54 bits per heavy atom. The van der Waals surface area contributed by atoms with Crippen LogP contribution in [0.15, 0.2) is 133 Å². The van der Waals surface area contributed by atoms with Crippen molar-refractivity contribution in [1.29, 1.82) is 0 Å². The normalized spacial score (nSPS) is 11.5. The van der Waals surface area contributed by atoms with Crippen molar-refractivity contribution in [3.8, 4) is 45.3 Å². The number of hydrogen-bond acceptors (Lipinski definition) is 3. The van der Waals surface area contributed by atoms with E-state index in [1.54, 1.807) is 0 Å². The molecule has 0 aliphatic heterocycles. The van der Waals surface area contributed by atoms with Crippen LogP contribution in [0.4, 0.5) is 0 Å². The molecule has 4 heteroatoms. The topological polar surface area (TPSA) is 38.7 Å². The van der Waals surface area contributed by atoms with Gasteiger partial charge in [-0.1, -0.05) is 133 Å². The number of aromatic nitrogens is 3. The van der Waals surface area contributed by atoms with E-state index >= 15 is 0 Å². The smallest absolute Gasteiger partial charge is 0.164 e. The molecule has 0 saturated carbocycles. The summed E-state index contributed by atoms with van der Waals surface area (Å²) in [5.74, 6) is 2.00. The molecule has 3 nitrogen and oxygen atoms in total. The lowest BCUT2D eigenvalue weighted by Crippen LogP contribution is -2.06. The Morgan fingerprint density at radius 1 is 0.390 bits per heavy atom. The van der Waals surface area contributed by atoms with E-state index in [0.29, 0.717) is 17.5 Å². The van der Waals surface area contributed by atoms with Gasteiger partial charge in [0.05, 0.1) is 0 Å². The van der Waals surface area contributed by atoms with Crippen molar-refractivity contribution in [1.82, 2.24) is 15.0 Å². The highest BCUT2D eigenvalue weighted by Gasteiger charge is 2.16. The zero-order valence-electron chi connectivity index (χ0n) is 22.5. The molecule has 0 atom stereocenters. The maximum absolute atomic E-state index is 4.98. The zero-order chi connectivity index (χ0) is 27.3. The Bertz CT molecular complexity index is 2140. The summed E-state index contributed by atoms with van der Waals surface area (Å²) in [7, 11) is 2.14. The van der Waals surface area contributed by atoms with Gasteiger partial charge in [-0.2, -0.15) is 0 Å². The number of nitrogens with zero attached hydrogens (tertiary/aromatic N) is 3. The van der Waals surface area contributed by atoms with Crippen LogP contribution in [0.1, 0.15) is 0 Å². The molecule has 190 valence electrons. The minimum Gasteiger partial charge on any atom is -0.208 e. The first-order valence-electron chi connectivity index (χ1n) is 13.9. The second kappa shape index (κ2) is 9.39. The molecule has 8 aromatic rings. The van der Waals surface area contributed by atoms with Gasteiger partial charge in [0.1, 0.15) is 7.85 Å². The van der Waals surface area contributed by atoms with Crippen molar-refractivity contribution in [2.75, 3.05) is 0 Å². The van der Waals surface area contributed by atoms with E-state index in [0.717, 1.165) is 27.7 Å². The summed E-state index contributed by atoms with van der Waals surface area (Å²) in [6.45, 7) is 0. The lowest BCUT2D eigenvalue weighted by molar-refractivity contribution is 1.07. The van der Waals surface area contributed by atoms with E-state index in [1.165, 1.54) is 37.9 Å². The molecule has 0 fully saturated rings.